The van der Waals surface area contributed by atoms with E-state index in [1.54, 1.807) is 6.08 Å². The standard InChI is InChI=1S/C74H137NO18/c1-3-5-7-9-11-13-15-17-19-21-23-24-25-26-27-28-29-30-31-32-33-34-35-37-39-41-43-45-47-49-51-58(79)57(75-62(80)52-50-48-46-44-42-40-38-36-22-20-18-16-14-12-10-8-6-4-2)56-88-72-68(86)65(83)70(60(54-77)90-72)93-74-69(87)66(84)71(61(55-78)91-74)92-73-67(85)64(82)63(81)59(53-76)89-73/h20,22,41,43,49,51,57-61,63-74,76-79,81-87H,3-19,21,23-40,42,44-48,50,52-56H2,1-2H3,(H,75,80)/b22-20-,43-41+,51-49+. The van der Waals surface area contributed by atoms with Gasteiger partial charge in [-0.15, -0.1) is 0 Å². The van der Waals surface area contributed by atoms with Gasteiger partial charge in [-0.3, -0.25) is 4.79 Å². The lowest BCUT2D eigenvalue weighted by Gasteiger charge is -2.48. The van der Waals surface area contributed by atoms with Crippen molar-refractivity contribution in [2.24, 2.45) is 0 Å². The molecule has 0 aromatic carbocycles. The van der Waals surface area contributed by atoms with Crippen LogP contribution >= 0.6 is 0 Å². The highest BCUT2D eigenvalue weighted by Gasteiger charge is 2.53. The summed E-state index contributed by atoms with van der Waals surface area (Å²) < 4.78 is 34.4. The number of unbranched alkanes of at least 4 members (excludes halogenated alkanes) is 39. The van der Waals surface area contributed by atoms with Gasteiger partial charge < -0.3 is 89.9 Å². The van der Waals surface area contributed by atoms with E-state index in [4.69, 9.17) is 28.4 Å². The van der Waals surface area contributed by atoms with Gasteiger partial charge in [0.15, 0.2) is 18.9 Å². The highest BCUT2D eigenvalue weighted by Crippen LogP contribution is 2.33. The lowest BCUT2D eigenvalue weighted by Crippen LogP contribution is -2.66. The summed E-state index contributed by atoms with van der Waals surface area (Å²) in [4.78, 5) is 13.4. The lowest BCUT2D eigenvalue weighted by atomic mass is 9.96. The van der Waals surface area contributed by atoms with Crippen molar-refractivity contribution in [1.82, 2.24) is 5.32 Å². The van der Waals surface area contributed by atoms with Gasteiger partial charge in [0, 0.05) is 6.42 Å². The van der Waals surface area contributed by atoms with Crippen molar-refractivity contribution in [3.63, 3.8) is 0 Å². The Kier molecular flexibility index (Phi) is 51.2. The maximum absolute atomic E-state index is 13.4. The number of allylic oxidation sites excluding steroid dienone is 5. The molecular formula is C74H137NO18. The molecule has 19 heteroatoms. The highest BCUT2D eigenvalue weighted by molar-refractivity contribution is 5.76. The zero-order valence-electron chi connectivity index (χ0n) is 58.0. The zero-order chi connectivity index (χ0) is 67.5. The van der Waals surface area contributed by atoms with Crippen LogP contribution in [0.3, 0.4) is 0 Å². The molecule has 3 aliphatic rings. The number of aliphatic hydroxyl groups is 11. The van der Waals surface area contributed by atoms with E-state index in [0.717, 1.165) is 51.4 Å². The van der Waals surface area contributed by atoms with Crippen molar-refractivity contribution in [2.45, 2.75) is 401 Å². The van der Waals surface area contributed by atoms with Gasteiger partial charge in [-0.2, -0.15) is 0 Å². The number of ether oxygens (including phenoxy) is 6. The first-order chi connectivity index (χ1) is 45.3. The maximum atomic E-state index is 13.4. The molecule has 0 bridgehead atoms. The van der Waals surface area contributed by atoms with Gasteiger partial charge in [0.25, 0.3) is 0 Å². The molecule has 0 aromatic rings. The van der Waals surface area contributed by atoms with Crippen molar-refractivity contribution < 1.29 is 89.4 Å². The smallest absolute Gasteiger partial charge is 0.220 e. The molecule has 93 heavy (non-hydrogen) atoms. The molecule has 0 aliphatic carbocycles. The molecule has 1 amide bonds. The Morgan fingerprint density at radius 2 is 0.688 bits per heavy atom. The zero-order valence-corrected chi connectivity index (χ0v) is 58.0. The summed E-state index contributed by atoms with van der Waals surface area (Å²) in [6.07, 6.45) is 40.0. The molecule has 3 aliphatic heterocycles. The van der Waals surface area contributed by atoms with E-state index in [1.807, 2.05) is 6.08 Å². The van der Waals surface area contributed by atoms with E-state index in [9.17, 15) is 61.0 Å². The minimum Gasteiger partial charge on any atom is -0.394 e. The van der Waals surface area contributed by atoms with Crippen LogP contribution in [0.15, 0.2) is 36.5 Å². The molecule has 0 spiro atoms. The fourth-order valence-electron chi connectivity index (χ4n) is 12.8. The second-order valence-corrected chi connectivity index (χ2v) is 27.1. The van der Waals surface area contributed by atoms with E-state index in [1.165, 1.54) is 212 Å². The van der Waals surface area contributed by atoms with Crippen LogP contribution in [0.1, 0.15) is 296 Å². The predicted octanol–water partition coefficient (Wildman–Crippen LogP) is 11.2. The molecule has 0 radical (unpaired) electrons. The Bertz CT molecular complexity index is 1830. The summed E-state index contributed by atoms with van der Waals surface area (Å²) in [5.41, 5.74) is 0. The lowest BCUT2D eigenvalue weighted by molar-refractivity contribution is -0.379. The third-order valence-corrected chi connectivity index (χ3v) is 18.9. The van der Waals surface area contributed by atoms with Crippen LogP contribution in [-0.2, 0) is 33.2 Å². The molecule has 0 saturated carbocycles. The fourth-order valence-corrected chi connectivity index (χ4v) is 12.8. The first-order valence-corrected chi connectivity index (χ1v) is 37.7. The third-order valence-electron chi connectivity index (χ3n) is 18.9. The van der Waals surface area contributed by atoms with Crippen molar-refractivity contribution in [1.29, 1.82) is 0 Å². The minimum atomic E-state index is -1.98. The number of carbonyl (C=O) groups excluding carboxylic acids is 1. The van der Waals surface area contributed by atoms with Crippen molar-refractivity contribution >= 4 is 5.91 Å². The van der Waals surface area contributed by atoms with Crippen molar-refractivity contribution in [2.75, 3.05) is 26.4 Å². The summed E-state index contributed by atoms with van der Waals surface area (Å²) in [7, 11) is 0. The van der Waals surface area contributed by atoms with Gasteiger partial charge in [0.2, 0.25) is 5.91 Å². The van der Waals surface area contributed by atoms with Gasteiger partial charge in [-0.25, -0.2) is 0 Å². The average molecular weight is 1330 g/mol. The normalized spacial score (nSPS) is 27.7. The van der Waals surface area contributed by atoms with E-state index < -0.39 is 124 Å². The molecule has 17 atom stereocenters. The van der Waals surface area contributed by atoms with Gasteiger partial charge in [-0.1, -0.05) is 269 Å². The number of hydrogen-bond acceptors (Lipinski definition) is 18. The van der Waals surface area contributed by atoms with E-state index in [2.05, 4.69) is 43.5 Å². The Labute approximate surface area is 561 Å². The van der Waals surface area contributed by atoms with E-state index >= 15 is 0 Å². The number of aliphatic hydroxyl groups excluding tert-OH is 11. The Morgan fingerprint density at radius 3 is 1.08 bits per heavy atom. The van der Waals surface area contributed by atoms with Crippen LogP contribution in [-0.4, -0.2) is 193 Å². The Morgan fingerprint density at radius 1 is 0.376 bits per heavy atom. The molecule has 12 N–H and O–H groups in total. The largest absolute Gasteiger partial charge is 0.394 e. The average Bonchev–Trinajstić information content (AvgIpc) is 0.996. The summed E-state index contributed by atoms with van der Waals surface area (Å²) in [6.45, 7) is 1.74. The Balaban J connectivity index is 1.41. The van der Waals surface area contributed by atoms with Crippen LogP contribution in [0.25, 0.3) is 0 Å². The summed E-state index contributed by atoms with van der Waals surface area (Å²) >= 11 is 0. The first-order valence-electron chi connectivity index (χ1n) is 37.7. The summed E-state index contributed by atoms with van der Waals surface area (Å²) in [5, 5.41) is 121. The quantitative estimate of drug-likeness (QED) is 0.0199. The third kappa shape index (κ3) is 37.1. The van der Waals surface area contributed by atoms with E-state index in [0.29, 0.717) is 12.8 Å². The molecule has 17 unspecified atom stereocenters. The van der Waals surface area contributed by atoms with Crippen molar-refractivity contribution in [3.05, 3.63) is 36.5 Å². The molecule has 0 aromatic heterocycles. The van der Waals surface area contributed by atoms with Crippen LogP contribution in [0, 0.1) is 0 Å². The number of rotatable bonds is 59. The predicted molar refractivity (Wildman–Crippen MR) is 365 cm³/mol. The molecular weight excluding hydrogens is 1190 g/mol. The molecule has 3 saturated heterocycles. The molecule has 19 nitrogen and oxygen atoms in total. The summed E-state index contributed by atoms with van der Waals surface area (Å²) in [5.74, 6) is -0.287. The van der Waals surface area contributed by atoms with Crippen molar-refractivity contribution in [3.8, 4) is 0 Å². The first kappa shape index (κ1) is 85.2. The number of hydrogen-bond donors (Lipinski definition) is 12. The van der Waals surface area contributed by atoms with E-state index in [-0.39, 0.29) is 18.9 Å². The van der Waals surface area contributed by atoms with Crippen LogP contribution in [0.2, 0.25) is 0 Å². The monoisotopic (exact) mass is 1330 g/mol. The molecule has 546 valence electrons. The molecule has 3 fully saturated rings. The second kappa shape index (κ2) is 55.8. The van der Waals surface area contributed by atoms with Gasteiger partial charge in [0.1, 0.15) is 73.2 Å². The van der Waals surface area contributed by atoms with Gasteiger partial charge in [-0.05, 0) is 57.8 Å². The SMILES string of the molecule is CCCCCCCCC/C=C\CCCCCCCCCC(=O)NC(COC1OC(CO)C(OC2OC(CO)C(OC3OC(CO)C(O)C(O)C3O)C(O)C2O)C(O)C1O)C(O)/C=C/CC/C=C/CCCCCCCCCCCCCCCCCCCCCCCCCC. The minimum absolute atomic E-state index is 0.231. The molecule has 3 rings (SSSR count). The van der Waals surface area contributed by atoms with Crippen LogP contribution < -0.4 is 5.32 Å². The fraction of sp³-hybridized carbons (Fsp3) is 0.905. The van der Waals surface area contributed by atoms with Gasteiger partial charge in [0.05, 0.1) is 38.6 Å². The maximum Gasteiger partial charge on any atom is 0.220 e. The number of carbonyl (C=O) groups is 1. The highest BCUT2D eigenvalue weighted by atomic mass is 16.8. The molecule has 3 heterocycles. The van der Waals surface area contributed by atoms with Gasteiger partial charge >= 0.3 is 0 Å². The number of amides is 1. The summed E-state index contributed by atoms with van der Waals surface area (Å²) in [6, 6.07) is -0.993. The second-order valence-electron chi connectivity index (χ2n) is 27.1. The van der Waals surface area contributed by atoms with Crippen LogP contribution in [0.4, 0.5) is 0 Å². The topological polar surface area (TPSA) is 307 Å². The van der Waals surface area contributed by atoms with Crippen LogP contribution in [0.5, 0.6) is 0 Å². The Hall–Kier alpha value is -1.99. The number of nitrogens with one attached hydrogen (secondary N) is 1.